The average molecular weight is 333 g/mol. The van der Waals surface area contributed by atoms with Gasteiger partial charge in [0.15, 0.2) is 0 Å². The molecule has 0 aromatic heterocycles. The highest BCUT2D eigenvalue weighted by Crippen LogP contribution is 2.29. The van der Waals surface area contributed by atoms with Crippen molar-refractivity contribution in [3.8, 4) is 0 Å². The fourth-order valence-corrected chi connectivity index (χ4v) is 4.33. The van der Waals surface area contributed by atoms with Gasteiger partial charge >= 0.3 is 0 Å². The number of sulfonamides is 1. The Morgan fingerprint density at radius 3 is 2.50 bits per heavy atom. The minimum absolute atomic E-state index is 0.131. The van der Waals surface area contributed by atoms with E-state index in [0.29, 0.717) is 18.8 Å². The molecule has 0 amide bonds. The molecule has 2 rings (SSSR count). The van der Waals surface area contributed by atoms with E-state index in [9.17, 15) is 8.42 Å². The number of nitrogens with zero attached hydrogens (tertiary/aromatic N) is 1. The SMILES string of the molecule is CC1(C)CNCCS(=O)(=O)N1c1ccc(Br)cc1. The number of anilines is 1. The minimum Gasteiger partial charge on any atom is -0.313 e. The molecular formula is C12H17BrN2O2S. The molecule has 1 aliphatic heterocycles. The van der Waals surface area contributed by atoms with E-state index >= 15 is 0 Å². The molecule has 6 heteroatoms. The first kappa shape index (κ1) is 13.8. The second-order valence-corrected chi connectivity index (χ2v) is 7.90. The Balaban J connectivity index is 2.51. The lowest BCUT2D eigenvalue weighted by atomic mass is 10.1. The van der Waals surface area contributed by atoms with E-state index in [0.717, 1.165) is 4.47 Å². The molecule has 0 saturated carbocycles. The number of benzene rings is 1. The Hall–Kier alpha value is -0.590. The van der Waals surface area contributed by atoms with Gasteiger partial charge in [0.05, 0.1) is 17.0 Å². The van der Waals surface area contributed by atoms with Crippen molar-refractivity contribution in [2.24, 2.45) is 0 Å². The third-order valence-electron chi connectivity index (χ3n) is 2.98. The summed E-state index contributed by atoms with van der Waals surface area (Å²) in [6, 6.07) is 7.38. The van der Waals surface area contributed by atoms with E-state index in [1.54, 1.807) is 0 Å². The fourth-order valence-electron chi connectivity index (χ4n) is 2.22. The van der Waals surface area contributed by atoms with Crippen molar-refractivity contribution in [1.82, 2.24) is 5.32 Å². The summed E-state index contributed by atoms with van der Waals surface area (Å²) in [6.45, 7) is 5.01. The molecule has 100 valence electrons. The summed E-state index contributed by atoms with van der Waals surface area (Å²) in [5.74, 6) is 0.131. The zero-order valence-electron chi connectivity index (χ0n) is 10.5. The van der Waals surface area contributed by atoms with Crippen LogP contribution in [0.15, 0.2) is 28.7 Å². The van der Waals surface area contributed by atoms with Crippen LogP contribution in [0.2, 0.25) is 0 Å². The van der Waals surface area contributed by atoms with Crippen molar-refractivity contribution < 1.29 is 8.42 Å². The summed E-state index contributed by atoms with van der Waals surface area (Å²) < 4.78 is 27.2. The Bertz CT molecular complexity index is 526. The van der Waals surface area contributed by atoms with Crippen molar-refractivity contribution in [2.75, 3.05) is 23.1 Å². The van der Waals surface area contributed by atoms with E-state index in [1.807, 2.05) is 38.1 Å². The van der Waals surface area contributed by atoms with E-state index in [-0.39, 0.29) is 5.75 Å². The molecule has 1 aliphatic rings. The lowest BCUT2D eigenvalue weighted by molar-refractivity contribution is 0.482. The first-order chi connectivity index (χ1) is 8.33. The Morgan fingerprint density at radius 1 is 1.28 bits per heavy atom. The molecule has 4 nitrogen and oxygen atoms in total. The highest BCUT2D eigenvalue weighted by Gasteiger charge is 2.37. The quantitative estimate of drug-likeness (QED) is 0.855. The van der Waals surface area contributed by atoms with Gasteiger partial charge in [-0.1, -0.05) is 15.9 Å². The van der Waals surface area contributed by atoms with Crippen LogP contribution >= 0.6 is 15.9 Å². The Labute approximate surface area is 117 Å². The number of hydrogen-bond acceptors (Lipinski definition) is 3. The van der Waals surface area contributed by atoms with Crippen LogP contribution in [0, 0.1) is 0 Å². The number of halogens is 1. The molecule has 0 spiro atoms. The van der Waals surface area contributed by atoms with Crippen LogP contribution < -0.4 is 9.62 Å². The molecule has 18 heavy (non-hydrogen) atoms. The molecular weight excluding hydrogens is 316 g/mol. The molecule has 1 saturated heterocycles. The molecule has 1 aromatic rings. The summed E-state index contributed by atoms with van der Waals surface area (Å²) in [7, 11) is -3.28. The van der Waals surface area contributed by atoms with Crippen molar-refractivity contribution in [3.05, 3.63) is 28.7 Å². The first-order valence-corrected chi connectivity index (χ1v) is 8.22. The van der Waals surface area contributed by atoms with Crippen molar-refractivity contribution in [2.45, 2.75) is 19.4 Å². The van der Waals surface area contributed by atoms with E-state index in [1.165, 1.54) is 4.31 Å². The largest absolute Gasteiger partial charge is 0.313 e. The van der Waals surface area contributed by atoms with Crippen LogP contribution in [-0.4, -0.2) is 32.8 Å². The normalized spacial score (nSPS) is 22.5. The minimum atomic E-state index is -3.28. The van der Waals surface area contributed by atoms with Crippen LogP contribution in [0.4, 0.5) is 5.69 Å². The smallest absolute Gasteiger partial charge is 0.236 e. The molecule has 1 fully saturated rings. The predicted octanol–water partition coefficient (Wildman–Crippen LogP) is 1.97. The van der Waals surface area contributed by atoms with Crippen LogP contribution in [0.1, 0.15) is 13.8 Å². The molecule has 0 bridgehead atoms. The van der Waals surface area contributed by atoms with Crippen LogP contribution in [0.25, 0.3) is 0 Å². The number of rotatable bonds is 1. The molecule has 1 N–H and O–H groups in total. The maximum absolute atomic E-state index is 12.4. The predicted molar refractivity (Wildman–Crippen MR) is 77.4 cm³/mol. The summed E-state index contributed by atoms with van der Waals surface area (Å²) in [6.07, 6.45) is 0. The lowest BCUT2D eigenvalue weighted by Gasteiger charge is -2.37. The topological polar surface area (TPSA) is 49.4 Å². The average Bonchev–Trinajstić information content (AvgIpc) is 2.37. The van der Waals surface area contributed by atoms with Crippen LogP contribution in [-0.2, 0) is 10.0 Å². The zero-order chi connectivity index (χ0) is 13.4. The summed E-state index contributed by atoms with van der Waals surface area (Å²) >= 11 is 3.36. The Kier molecular flexibility index (Phi) is 3.71. The van der Waals surface area contributed by atoms with Gasteiger partial charge in [-0.25, -0.2) is 8.42 Å². The molecule has 0 radical (unpaired) electrons. The van der Waals surface area contributed by atoms with Gasteiger partial charge in [-0.15, -0.1) is 0 Å². The molecule has 1 aromatic carbocycles. The van der Waals surface area contributed by atoms with Crippen molar-refractivity contribution >= 4 is 31.6 Å². The monoisotopic (exact) mass is 332 g/mol. The van der Waals surface area contributed by atoms with Gasteiger partial charge in [0.25, 0.3) is 0 Å². The molecule has 0 unspecified atom stereocenters. The standard InChI is InChI=1S/C12H17BrN2O2S/c1-12(2)9-14-7-8-18(16,17)15(12)11-5-3-10(13)4-6-11/h3-6,14H,7-9H2,1-2H3. The van der Waals surface area contributed by atoms with Gasteiger partial charge < -0.3 is 5.32 Å². The van der Waals surface area contributed by atoms with Crippen molar-refractivity contribution in [1.29, 1.82) is 0 Å². The third kappa shape index (κ3) is 2.70. The van der Waals surface area contributed by atoms with Crippen molar-refractivity contribution in [3.63, 3.8) is 0 Å². The van der Waals surface area contributed by atoms with Gasteiger partial charge in [0.2, 0.25) is 10.0 Å². The summed E-state index contributed by atoms with van der Waals surface area (Å²) in [4.78, 5) is 0. The first-order valence-electron chi connectivity index (χ1n) is 5.82. The van der Waals surface area contributed by atoms with Crippen LogP contribution in [0.5, 0.6) is 0 Å². The highest BCUT2D eigenvalue weighted by atomic mass is 79.9. The lowest BCUT2D eigenvalue weighted by Crippen LogP contribution is -2.51. The molecule has 1 heterocycles. The van der Waals surface area contributed by atoms with Gasteiger partial charge in [0, 0.05) is 17.6 Å². The van der Waals surface area contributed by atoms with Gasteiger partial charge in [-0.05, 0) is 38.1 Å². The second kappa shape index (κ2) is 4.83. The second-order valence-electron chi connectivity index (χ2n) is 5.05. The highest BCUT2D eigenvalue weighted by molar-refractivity contribution is 9.10. The van der Waals surface area contributed by atoms with E-state index in [4.69, 9.17) is 0 Å². The fraction of sp³-hybridized carbons (Fsp3) is 0.500. The van der Waals surface area contributed by atoms with Gasteiger partial charge in [-0.2, -0.15) is 0 Å². The maximum atomic E-state index is 12.4. The Morgan fingerprint density at radius 2 is 1.89 bits per heavy atom. The van der Waals surface area contributed by atoms with E-state index in [2.05, 4.69) is 21.2 Å². The van der Waals surface area contributed by atoms with Gasteiger partial charge in [-0.3, -0.25) is 4.31 Å². The molecule has 0 aliphatic carbocycles. The summed E-state index contributed by atoms with van der Waals surface area (Å²) in [5, 5.41) is 3.17. The summed E-state index contributed by atoms with van der Waals surface area (Å²) in [5.41, 5.74) is 0.246. The van der Waals surface area contributed by atoms with Crippen LogP contribution in [0.3, 0.4) is 0 Å². The maximum Gasteiger partial charge on any atom is 0.236 e. The zero-order valence-corrected chi connectivity index (χ0v) is 12.9. The van der Waals surface area contributed by atoms with Gasteiger partial charge in [0.1, 0.15) is 0 Å². The molecule has 0 atom stereocenters. The van der Waals surface area contributed by atoms with E-state index < -0.39 is 15.6 Å². The number of hydrogen-bond donors (Lipinski definition) is 1. The number of nitrogens with one attached hydrogen (secondary N) is 1. The third-order valence-corrected chi connectivity index (χ3v) is 5.49.